The molecule has 6 heterocycles. The summed E-state index contributed by atoms with van der Waals surface area (Å²) in [6, 6.07) is 5.10. The smallest absolute Gasteiger partial charge is 0.346 e. The first-order valence-electron chi connectivity index (χ1n) is 17.5. The molecule has 3 fully saturated rings. The maximum Gasteiger partial charge on any atom is 0.346 e. The maximum absolute atomic E-state index is 17.2. The SMILES string of the molecule is CC(C)[C@@H]1CC(N(C)c2nc(OC[C@@]34CCCN3C[C@H](F)C4)nc3c(F)c(-c4ccc(F)c5sc(N)c(C#N)c45)c(Cl)cc23)CN1C(=O)n1cnc(Cl)n1. The number of anilines is 2. The summed E-state index contributed by atoms with van der Waals surface area (Å²) in [6.45, 7) is 5.49. The van der Waals surface area contributed by atoms with Crippen molar-refractivity contribution >= 4 is 72.4 Å². The topological polar surface area (TPSA) is 142 Å². The van der Waals surface area contributed by atoms with Crippen LogP contribution in [0.2, 0.25) is 10.3 Å². The van der Waals surface area contributed by atoms with E-state index >= 15 is 8.78 Å². The molecule has 54 heavy (non-hydrogen) atoms. The van der Waals surface area contributed by atoms with Crippen LogP contribution >= 0.6 is 34.5 Å². The van der Waals surface area contributed by atoms with Crippen molar-refractivity contribution < 1.29 is 22.7 Å². The van der Waals surface area contributed by atoms with E-state index in [0.29, 0.717) is 25.2 Å². The Morgan fingerprint density at radius 2 is 2.06 bits per heavy atom. The number of likely N-dealkylation sites (tertiary alicyclic amines) is 1. The highest BCUT2D eigenvalue weighted by Crippen LogP contribution is 2.46. The minimum Gasteiger partial charge on any atom is -0.461 e. The summed E-state index contributed by atoms with van der Waals surface area (Å²) in [5.41, 5.74) is 5.54. The van der Waals surface area contributed by atoms with Gasteiger partial charge >= 0.3 is 12.0 Å². The molecular formula is C36H35Cl2F3N10O2S. The number of amides is 1. The van der Waals surface area contributed by atoms with Gasteiger partial charge in [0, 0.05) is 55.0 Å². The van der Waals surface area contributed by atoms with Crippen molar-refractivity contribution in [2.24, 2.45) is 5.92 Å². The molecule has 282 valence electrons. The molecule has 1 unspecified atom stereocenters. The third-order valence-corrected chi connectivity index (χ3v) is 12.6. The predicted molar refractivity (Wildman–Crippen MR) is 201 cm³/mol. The van der Waals surface area contributed by atoms with Crippen molar-refractivity contribution in [1.29, 1.82) is 5.26 Å². The van der Waals surface area contributed by atoms with Crippen molar-refractivity contribution in [1.82, 2.24) is 34.5 Å². The molecule has 0 saturated carbocycles. The number of carbonyl (C=O) groups excluding carboxylic acids is 1. The number of benzene rings is 2. The molecule has 8 rings (SSSR count). The lowest BCUT2D eigenvalue weighted by Crippen LogP contribution is -2.43. The van der Waals surface area contributed by atoms with Gasteiger partial charge in [0.05, 0.1) is 20.8 Å². The first-order valence-corrected chi connectivity index (χ1v) is 19.1. The van der Waals surface area contributed by atoms with Gasteiger partial charge < -0.3 is 20.3 Å². The quantitative estimate of drug-likeness (QED) is 0.178. The summed E-state index contributed by atoms with van der Waals surface area (Å²) in [7, 11) is 1.80. The number of rotatable bonds is 7. The van der Waals surface area contributed by atoms with Gasteiger partial charge in [-0.1, -0.05) is 31.5 Å². The van der Waals surface area contributed by atoms with Gasteiger partial charge in [0.25, 0.3) is 0 Å². The monoisotopic (exact) mass is 798 g/mol. The zero-order valence-corrected chi connectivity index (χ0v) is 31.8. The molecule has 0 aliphatic carbocycles. The lowest BCUT2D eigenvalue weighted by atomic mass is 9.95. The van der Waals surface area contributed by atoms with Gasteiger partial charge in [-0.2, -0.15) is 19.9 Å². The Morgan fingerprint density at radius 3 is 2.78 bits per heavy atom. The summed E-state index contributed by atoms with van der Waals surface area (Å²) in [6.07, 6.45) is 2.78. The van der Waals surface area contributed by atoms with E-state index in [2.05, 4.69) is 20.0 Å². The summed E-state index contributed by atoms with van der Waals surface area (Å²) in [4.78, 5) is 32.6. The number of hydrogen-bond acceptors (Lipinski definition) is 11. The highest BCUT2D eigenvalue weighted by molar-refractivity contribution is 7.23. The van der Waals surface area contributed by atoms with Crippen molar-refractivity contribution in [2.75, 3.05) is 43.9 Å². The van der Waals surface area contributed by atoms with Crippen LogP contribution in [0.5, 0.6) is 6.01 Å². The molecule has 18 heteroatoms. The summed E-state index contributed by atoms with van der Waals surface area (Å²) in [5, 5.41) is 14.4. The van der Waals surface area contributed by atoms with Gasteiger partial charge in [-0.05, 0) is 61.0 Å². The Bertz CT molecular complexity index is 2370. The molecule has 0 bridgehead atoms. The van der Waals surface area contributed by atoms with Crippen LogP contribution in [0.1, 0.15) is 45.1 Å². The molecule has 4 atom stereocenters. The van der Waals surface area contributed by atoms with Crippen LogP contribution in [0.25, 0.3) is 32.1 Å². The van der Waals surface area contributed by atoms with Gasteiger partial charge in [-0.3, -0.25) is 4.90 Å². The number of nitrogen functional groups attached to an aromatic ring is 1. The molecule has 3 aromatic heterocycles. The van der Waals surface area contributed by atoms with Gasteiger partial charge in [0.2, 0.25) is 5.28 Å². The first-order chi connectivity index (χ1) is 25.8. The third kappa shape index (κ3) is 5.96. The molecule has 1 amide bonds. The Morgan fingerprint density at radius 1 is 1.26 bits per heavy atom. The molecule has 5 aromatic rings. The number of halogens is 5. The number of likely N-dealkylation sites (N-methyl/N-ethyl adjacent to an activating group) is 1. The summed E-state index contributed by atoms with van der Waals surface area (Å²) in [5.74, 6) is -1.08. The fourth-order valence-electron chi connectivity index (χ4n) is 8.51. The van der Waals surface area contributed by atoms with Crippen molar-refractivity contribution in [3.8, 4) is 23.2 Å². The van der Waals surface area contributed by atoms with E-state index in [1.54, 1.807) is 18.0 Å². The van der Waals surface area contributed by atoms with Crippen LogP contribution in [0.4, 0.5) is 28.8 Å². The lowest BCUT2D eigenvalue weighted by Gasteiger charge is -2.31. The highest BCUT2D eigenvalue weighted by atomic mass is 35.5. The van der Waals surface area contributed by atoms with E-state index in [0.717, 1.165) is 35.4 Å². The van der Waals surface area contributed by atoms with Crippen LogP contribution in [0.15, 0.2) is 24.5 Å². The fourth-order valence-corrected chi connectivity index (χ4v) is 9.88. The minimum absolute atomic E-state index is 0.0171. The summed E-state index contributed by atoms with van der Waals surface area (Å²) < 4.78 is 54.4. The zero-order chi connectivity index (χ0) is 38.2. The van der Waals surface area contributed by atoms with Crippen molar-refractivity contribution in [3.63, 3.8) is 0 Å². The van der Waals surface area contributed by atoms with Crippen LogP contribution in [-0.4, -0.2) is 97.6 Å². The van der Waals surface area contributed by atoms with Gasteiger partial charge in [0.1, 0.15) is 47.3 Å². The molecule has 0 spiro atoms. The van der Waals surface area contributed by atoms with Crippen molar-refractivity contribution in [2.45, 2.75) is 63.3 Å². The van der Waals surface area contributed by atoms with Crippen LogP contribution in [0, 0.1) is 28.9 Å². The lowest BCUT2D eigenvalue weighted by molar-refractivity contribution is 0.107. The number of carbonyl (C=O) groups is 1. The number of ether oxygens (including phenoxy) is 1. The molecule has 0 radical (unpaired) electrons. The molecule has 12 nitrogen and oxygen atoms in total. The van der Waals surface area contributed by atoms with E-state index < -0.39 is 23.3 Å². The highest BCUT2D eigenvalue weighted by Gasteiger charge is 2.49. The number of nitrogens with zero attached hydrogens (tertiary/aromatic N) is 9. The molecular weight excluding hydrogens is 764 g/mol. The molecule has 2 N–H and O–H groups in total. The predicted octanol–water partition coefficient (Wildman–Crippen LogP) is 7.30. The number of nitrogens with two attached hydrogens (primary N) is 1. The van der Waals surface area contributed by atoms with Crippen LogP contribution < -0.4 is 15.4 Å². The third-order valence-electron chi connectivity index (χ3n) is 11.2. The van der Waals surface area contributed by atoms with Gasteiger partial charge in [-0.25, -0.2) is 22.9 Å². The second-order valence-electron chi connectivity index (χ2n) is 14.6. The number of alkyl halides is 1. The van der Waals surface area contributed by atoms with Crippen molar-refractivity contribution in [3.05, 3.63) is 52.0 Å². The van der Waals surface area contributed by atoms with Crippen LogP contribution in [0.3, 0.4) is 0 Å². The summed E-state index contributed by atoms with van der Waals surface area (Å²) >= 11 is 13.7. The Kier molecular flexibility index (Phi) is 9.27. The average molecular weight is 800 g/mol. The van der Waals surface area contributed by atoms with E-state index in [-0.39, 0.29) is 96.2 Å². The number of nitriles is 1. The number of thiophene rings is 1. The maximum atomic E-state index is 17.2. The standard InChI is InChI=1S/C36H35Cl2F3N10O2S/c1-17(2)25-9-19(14-50(25)35(52)51-16-44-33(38)47-51)48(3)32-21-10-23(37)27(20-5-6-24(40)30-26(20)22(12-42)31(43)54-30)28(41)29(21)45-34(46-32)53-15-36-7-4-8-49(36)13-18(39)11-36/h5-6,10,16-19,25H,4,7-9,11,13-15,43H2,1-3H3/t18-,19?,25+,36+/m1/s1. The van der Waals surface area contributed by atoms with Crippen LogP contribution in [-0.2, 0) is 0 Å². The average Bonchev–Trinajstić information content (AvgIpc) is 3.96. The molecule has 3 aliphatic rings. The molecule has 3 aliphatic heterocycles. The van der Waals surface area contributed by atoms with E-state index in [1.807, 2.05) is 24.8 Å². The Balaban J connectivity index is 1.25. The van der Waals surface area contributed by atoms with E-state index in [1.165, 1.54) is 18.5 Å². The van der Waals surface area contributed by atoms with Gasteiger partial charge in [0.15, 0.2) is 5.82 Å². The first kappa shape index (κ1) is 36.5. The number of hydrogen-bond donors (Lipinski definition) is 1. The second kappa shape index (κ2) is 13.7. The normalized spacial score (nSPS) is 22.8. The van der Waals surface area contributed by atoms with E-state index in [9.17, 15) is 14.4 Å². The second-order valence-corrected chi connectivity index (χ2v) is 16.4. The number of fused-ring (bicyclic) bond motifs is 3. The van der Waals surface area contributed by atoms with Gasteiger partial charge in [-0.15, -0.1) is 16.4 Å². The Labute approximate surface area is 322 Å². The zero-order valence-electron chi connectivity index (χ0n) is 29.5. The number of aromatic nitrogens is 5. The minimum atomic E-state index is -0.984. The van der Waals surface area contributed by atoms with E-state index in [4.69, 9.17) is 38.7 Å². The Hall–Kier alpha value is -4.43. The largest absolute Gasteiger partial charge is 0.461 e. The molecule has 2 aromatic carbocycles. The fraction of sp³-hybridized carbons (Fsp3) is 0.444. The molecule has 3 saturated heterocycles.